The average Bonchev–Trinajstić information content (AvgIpc) is 2.99. The van der Waals surface area contributed by atoms with Gasteiger partial charge in [0.25, 0.3) is 11.7 Å². The molecular formula is C24H18BrNO3. The normalized spacial score (nSPS) is 18.3. The van der Waals surface area contributed by atoms with Crippen molar-refractivity contribution < 1.29 is 14.7 Å². The van der Waals surface area contributed by atoms with Crippen molar-refractivity contribution in [3.63, 3.8) is 0 Å². The summed E-state index contributed by atoms with van der Waals surface area (Å²) < 4.78 is 0.886. The molecule has 0 aliphatic carbocycles. The first-order valence-corrected chi connectivity index (χ1v) is 9.95. The van der Waals surface area contributed by atoms with Crippen LogP contribution in [-0.4, -0.2) is 16.8 Å². The molecule has 4 nitrogen and oxygen atoms in total. The van der Waals surface area contributed by atoms with Gasteiger partial charge in [0, 0.05) is 15.7 Å². The lowest BCUT2D eigenvalue weighted by Crippen LogP contribution is -2.29. The maximum atomic E-state index is 13.0. The Bertz CT molecular complexity index is 1120. The van der Waals surface area contributed by atoms with Gasteiger partial charge in [-0.2, -0.15) is 0 Å². The zero-order valence-corrected chi connectivity index (χ0v) is 17.3. The molecule has 4 rings (SSSR count). The number of hydrogen-bond donors (Lipinski definition) is 1. The Morgan fingerprint density at radius 3 is 2.28 bits per heavy atom. The van der Waals surface area contributed by atoms with Crippen molar-refractivity contribution in [1.82, 2.24) is 0 Å². The minimum Gasteiger partial charge on any atom is -0.507 e. The molecule has 0 saturated carbocycles. The number of ketones is 1. The first kappa shape index (κ1) is 19.2. The van der Waals surface area contributed by atoms with Crippen LogP contribution < -0.4 is 4.90 Å². The predicted octanol–water partition coefficient (Wildman–Crippen LogP) is 5.38. The molecule has 3 aromatic carbocycles. The van der Waals surface area contributed by atoms with Gasteiger partial charge in [-0.3, -0.25) is 14.5 Å². The van der Waals surface area contributed by atoms with Crippen molar-refractivity contribution >= 4 is 39.1 Å². The maximum absolute atomic E-state index is 13.0. The van der Waals surface area contributed by atoms with Gasteiger partial charge in [-0.05, 0) is 42.3 Å². The minimum atomic E-state index is -0.717. The molecule has 1 N–H and O–H groups in total. The van der Waals surface area contributed by atoms with Crippen molar-refractivity contribution in [2.75, 3.05) is 4.90 Å². The van der Waals surface area contributed by atoms with Gasteiger partial charge in [0.1, 0.15) is 5.76 Å². The molecule has 1 amide bonds. The van der Waals surface area contributed by atoms with E-state index < -0.39 is 17.7 Å². The molecule has 0 bridgehead atoms. The van der Waals surface area contributed by atoms with Crippen molar-refractivity contribution in [3.05, 3.63) is 106 Å². The van der Waals surface area contributed by atoms with E-state index in [2.05, 4.69) is 15.9 Å². The van der Waals surface area contributed by atoms with Crippen LogP contribution in [0.25, 0.3) is 5.76 Å². The molecule has 0 unspecified atom stereocenters. The predicted molar refractivity (Wildman–Crippen MR) is 117 cm³/mol. The fraction of sp³-hybridized carbons (Fsp3) is 0.0833. The summed E-state index contributed by atoms with van der Waals surface area (Å²) in [5.74, 6) is -1.52. The molecule has 1 saturated heterocycles. The number of anilines is 1. The van der Waals surface area contributed by atoms with Gasteiger partial charge in [-0.1, -0.05) is 70.5 Å². The molecule has 1 fully saturated rings. The molecule has 29 heavy (non-hydrogen) atoms. The molecule has 3 aromatic rings. The van der Waals surface area contributed by atoms with E-state index in [-0.39, 0.29) is 11.3 Å². The van der Waals surface area contributed by atoms with Crippen molar-refractivity contribution in [1.29, 1.82) is 0 Å². The lowest BCUT2D eigenvalue weighted by molar-refractivity contribution is -0.132. The number of benzene rings is 3. The van der Waals surface area contributed by atoms with E-state index in [1.54, 1.807) is 30.3 Å². The maximum Gasteiger partial charge on any atom is 0.300 e. The zero-order valence-electron chi connectivity index (χ0n) is 15.7. The Kier molecular flexibility index (Phi) is 5.07. The van der Waals surface area contributed by atoms with Crippen LogP contribution in [-0.2, 0) is 9.59 Å². The Morgan fingerprint density at radius 2 is 1.62 bits per heavy atom. The van der Waals surface area contributed by atoms with Crippen LogP contribution in [0.2, 0.25) is 0 Å². The second-order valence-corrected chi connectivity index (χ2v) is 7.84. The Morgan fingerprint density at radius 1 is 0.931 bits per heavy atom. The topological polar surface area (TPSA) is 57.6 Å². The summed E-state index contributed by atoms with van der Waals surface area (Å²) in [6, 6.07) is 22.9. The zero-order chi connectivity index (χ0) is 20.5. The number of halogens is 1. The van der Waals surface area contributed by atoms with Gasteiger partial charge < -0.3 is 5.11 Å². The highest BCUT2D eigenvalue weighted by atomic mass is 79.9. The number of amides is 1. The number of hydrogen-bond acceptors (Lipinski definition) is 3. The summed E-state index contributed by atoms with van der Waals surface area (Å²) in [5.41, 5.74) is 2.92. The lowest BCUT2D eigenvalue weighted by atomic mass is 9.95. The van der Waals surface area contributed by atoms with E-state index >= 15 is 0 Å². The van der Waals surface area contributed by atoms with Crippen LogP contribution in [0.1, 0.15) is 22.7 Å². The third-order valence-corrected chi connectivity index (χ3v) is 5.49. The minimum absolute atomic E-state index is 0.0880. The Balaban J connectivity index is 1.96. The van der Waals surface area contributed by atoms with Gasteiger partial charge in [0.15, 0.2) is 0 Å². The van der Waals surface area contributed by atoms with E-state index in [1.807, 2.05) is 55.5 Å². The second-order valence-electron chi connectivity index (χ2n) is 6.93. The molecule has 1 aliphatic rings. The number of aliphatic hydroxyl groups is 1. The first-order chi connectivity index (χ1) is 14.0. The standard InChI is InChI=1S/C24H18BrNO3/c1-15-6-5-9-19(14-15)26-21(16-10-12-18(25)13-11-16)20(23(28)24(26)29)22(27)17-7-3-2-4-8-17/h2-14,21,27H,1H3/b22-20+/t21-/m1/s1. The van der Waals surface area contributed by atoms with Gasteiger partial charge in [0.2, 0.25) is 0 Å². The fourth-order valence-corrected chi connectivity index (χ4v) is 3.85. The summed E-state index contributed by atoms with van der Waals surface area (Å²) in [4.78, 5) is 27.5. The summed E-state index contributed by atoms with van der Waals surface area (Å²) in [7, 11) is 0. The second kappa shape index (κ2) is 7.68. The third-order valence-electron chi connectivity index (χ3n) is 4.96. The Labute approximate surface area is 177 Å². The largest absolute Gasteiger partial charge is 0.507 e. The summed E-state index contributed by atoms with van der Waals surface area (Å²) in [6.07, 6.45) is 0. The van der Waals surface area contributed by atoms with E-state index in [1.165, 1.54) is 4.90 Å². The van der Waals surface area contributed by atoms with E-state index in [9.17, 15) is 14.7 Å². The molecule has 0 aromatic heterocycles. The number of carbonyl (C=O) groups excluding carboxylic acids is 2. The van der Waals surface area contributed by atoms with Crippen molar-refractivity contribution in [3.8, 4) is 0 Å². The molecule has 0 radical (unpaired) electrons. The summed E-state index contributed by atoms with van der Waals surface area (Å²) >= 11 is 3.42. The van der Waals surface area contributed by atoms with Gasteiger partial charge >= 0.3 is 0 Å². The van der Waals surface area contributed by atoms with Crippen molar-refractivity contribution in [2.24, 2.45) is 0 Å². The number of aliphatic hydroxyl groups excluding tert-OH is 1. The third kappa shape index (κ3) is 3.49. The van der Waals surface area contributed by atoms with Gasteiger partial charge in [0.05, 0.1) is 11.6 Å². The average molecular weight is 448 g/mol. The molecular weight excluding hydrogens is 430 g/mol. The van der Waals surface area contributed by atoms with Crippen LogP contribution in [0.5, 0.6) is 0 Å². The molecule has 1 aliphatic heterocycles. The number of rotatable bonds is 3. The highest BCUT2D eigenvalue weighted by Gasteiger charge is 2.46. The fourth-order valence-electron chi connectivity index (χ4n) is 3.59. The number of nitrogens with zero attached hydrogens (tertiary/aromatic N) is 1. The monoisotopic (exact) mass is 447 g/mol. The highest BCUT2D eigenvalue weighted by Crippen LogP contribution is 2.42. The van der Waals surface area contributed by atoms with Crippen LogP contribution in [0.3, 0.4) is 0 Å². The van der Waals surface area contributed by atoms with Gasteiger partial charge in [-0.15, -0.1) is 0 Å². The highest BCUT2D eigenvalue weighted by molar-refractivity contribution is 9.10. The first-order valence-electron chi connectivity index (χ1n) is 9.16. The van der Waals surface area contributed by atoms with Crippen LogP contribution in [0.4, 0.5) is 5.69 Å². The molecule has 0 spiro atoms. The smallest absolute Gasteiger partial charge is 0.300 e. The summed E-state index contributed by atoms with van der Waals surface area (Å²) in [5, 5.41) is 11.0. The quantitative estimate of drug-likeness (QED) is 0.332. The van der Waals surface area contributed by atoms with Crippen molar-refractivity contribution in [2.45, 2.75) is 13.0 Å². The lowest BCUT2D eigenvalue weighted by Gasteiger charge is -2.25. The molecule has 144 valence electrons. The van der Waals surface area contributed by atoms with Gasteiger partial charge in [-0.25, -0.2) is 0 Å². The molecule has 1 heterocycles. The Hall–Kier alpha value is -3.18. The summed E-state index contributed by atoms with van der Waals surface area (Å²) in [6.45, 7) is 1.93. The van der Waals surface area contributed by atoms with Crippen LogP contribution in [0.15, 0.2) is 88.9 Å². The van der Waals surface area contributed by atoms with Crippen LogP contribution in [0, 0.1) is 6.92 Å². The number of carbonyl (C=O) groups is 2. The number of aryl methyl sites for hydroxylation is 1. The van der Waals surface area contributed by atoms with E-state index in [4.69, 9.17) is 0 Å². The van der Waals surface area contributed by atoms with Crippen LogP contribution >= 0.6 is 15.9 Å². The SMILES string of the molecule is Cc1cccc(N2C(=O)C(=O)/C(=C(/O)c3ccccc3)[C@H]2c2ccc(Br)cc2)c1. The van der Waals surface area contributed by atoms with E-state index in [0.717, 1.165) is 15.6 Å². The number of Topliss-reactive ketones (excluding diaryl/α,β-unsaturated/α-hetero) is 1. The molecule has 1 atom stereocenters. The molecule has 5 heteroatoms. The van der Waals surface area contributed by atoms with E-state index in [0.29, 0.717) is 11.3 Å².